The van der Waals surface area contributed by atoms with Gasteiger partial charge in [-0.2, -0.15) is 0 Å². The third kappa shape index (κ3) is 2.91. The van der Waals surface area contributed by atoms with Gasteiger partial charge in [0.15, 0.2) is 4.90 Å². The number of hydrogen-bond donors (Lipinski definition) is 2. The molecular weight excluding hydrogens is 282 g/mol. The Kier molecular flexibility index (Phi) is 3.70. The Hall–Kier alpha value is -1.67. The van der Waals surface area contributed by atoms with E-state index in [1.54, 1.807) is 0 Å². The van der Waals surface area contributed by atoms with Gasteiger partial charge in [0.05, 0.1) is 4.92 Å². The topological polar surface area (TPSA) is 115 Å². The van der Waals surface area contributed by atoms with Gasteiger partial charge in [0.2, 0.25) is 10.0 Å². The molecule has 2 rings (SSSR count). The minimum Gasteiger partial charge on any atom is -0.399 e. The zero-order chi connectivity index (χ0) is 15.0. The number of nitrogen functional groups attached to an aromatic ring is 1. The predicted molar refractivity (Wildman–Crippen MR) is 74.7 cm³/mol. The number of hydrogen-bond acceptors (Lipinski definition) is 5. The summed E-state index contributed by atoms with van der Waals surface area (Å²) in [6.45, 7) is 2.31. The Morgan fingerprint density at radius 3 is 2.60 bits per heavy atom. The van der Waals surface area contributed by atoms with Crippen LogP contribution in [0.15, 0.2) is 23.1 Å². The van der Waals surface area contributed by atoms with E-state index in [2.05, 4.69) is 4.72 Å². The number of benzene rings is 1. The van der Waals surface area contributed by atoms with Gasteiger partial charge in [0.1, 0.15) is 0 Å². The second-order valence-electron chi connectivity index (χ2n) is 5.16. The lowest BCUT2D eigenvalue weighted by molar-refractivity contribution is -0.387. The molecular formula is C12H17N3O4S. The van der Waals surface area contributed by atoms with E-state index in [1.165, 1.54) is 6.07 Å². The predicted octanol–water partition coefficient (Wildman–Crippen LogP) is 1.65. The summed E-state index contributed by atoms with van der Waals surface area (Å²) < 4.78 is 26.9. The Bertz CT molecular complexity index is 638. The van der Waals surface area contributed by atoms with Crippen LogP contribution >= 0.6 is 0 Å². The second kappa shape index (κ2) is 5.02. The van der Waals surface area contributed by atoms with E-state index in [0.29, 0.717) is 6.54 Å². The molecule has 1 aromatic carbocycles. The molecule has 0 bridgehead atoms. The van der Waals surface area contributed by atoms with Gasteiger partial charge in [-0.05, 0) is 36.8 Å². The molecule has 0 aromatic heterocycles. The smallest absolute Gasteiger partial charge is 0.289 e. The van der Waals surface area contributed by atoms with Crippen LogP contribution in [-0.4, -0.2) is 19.9 Å². The first-order valence-corrected chi connectivity index (χ1v) is 7.82. The van der Waals surface area contributed by atoms with Gasteiger partial charge in [0.25, 0.3) is 5.69 Å². The SMILES string of the molecule is CCC1(CNS(=O)(=O)c2cc(N)ccc2[N+](=O)[O-])CC1. The van der Waals surface area contributed by atoms with Crippen LogP contribution in [0.1, 0.15) is 26.2 Å². The van der Waals surface area contributed by atoms with Crippen molar-refractivity contribution in [2.24, 2.45) is 5.41 Å². The molecule has 0 saturated heterocycles. The highest BCUT2D eigenvalue weighted by molar-refractivity contribution is 7.89. The number of nitrogens with zero attached hydrogens (tertiary/aromatic N) is 1. The normalized spacial score (nSPS) is 16.9. The van der Waals surface area contributed by atoms with Gasteiger partial charge >= 0.3 is 0 Å². The van der Waals surface area contributed by atoms with Crippen molar-refractivity contribution in [1.29, 1.82) is 0 Å². The maximum Gasteiger partial charge on any atom is 0.289 e. The van der Waals surface area contributed by atoms with E-state index in [4.69, 9.17) is 5.73 Å². The summed E-state index contributed by atoms with van der Waals surface area (Å²) in [6, 6.07) is 3.54. The molecule has 8 heteroatoms. The molecule has 0 aliphatic heterocycles. The highest BCUT2D eigenvalue weighted by atomic mass is 32.2. The highest BCUT2D eigenvalue weighted by Gasteiger charge is 2.41. The van der Waals surface area contributed by atoms with Crippen LogP contribution in [0.25, 0.3) is 0 Å². The zero-order valence-corrected chi connectivity index (χ0v) is 11.9. The van der Waals surface area contributed by atoms with Gasteiger partial charge in [-0.25, -0.2) is 13.1 Å². The molecule has 0 spiro atoms. The minimum absolute atomic E-state index is 0.0160. The van der Waals surface area contributed by atoms with E-state index in [9.17, 15) is 18.5 Å². The summed E-state index contributed by atoms with van der Waals surface area (Å²) >= 11 is 0. The van der Waals surface area contributed by atoms with Gasteiger partial charge in [0, 0.05) is 18.3 Å². The molecule has 1 saturated carbocycles. The molecule has 0 radical (unpaired) electrons. The summed E-state index contributed by atoms with van der Waals surface area (Å²) in [4.78, 5) is 9.82. The molecule has 3 N–H and O–H groups in total. The van der Waals surface area contributed by atoms with Crippen LogP contribution in [0, 0.1) is 15.5 Å². The Morgan fingerprint density at radius 2 is 2.10 bits per heavy atom. The van der Waals surface area contributed by atoms with Crippen LogP contribution in [0.3, 0.4) is 0 Å². The fourth-order valence-electron chi connectivity index (χ4n) is 2.05. The number of nitrogens with one attached hydrogen (secondary N) is 1. The van der Waals surface area contributed by atoms with Crippen LogP contribution in [0.4, 0.5) is 11.4 Å². The van der Waals surface area contributed by atoms with Crippen LogP contribution in [0.2, 0.25) is 0 Å². The molecule has 1 aliphatic rings. The summed E-state index contributed by atoms with van der Waals surface area (Å²) in [5.41, 5.74) is 5.25. The average Bonchev–Trinajstić information content (AvgIpc) is 3.17. The van der Waals surface area contributed by atoms with Gasteiger partial charge in [-0.1, -0.05) is 6.92 Å². The molecule has 20 heavy (non-hydrogen) atoms. The molecule has 1 aliphatic carbocycles. The van der Waals surface area contributed by atoms with Gasteiger partial charge < -0.3 is 5.73 Å². The minimum atomic E-state index is -3.93. The quantitative estimate of drug-likeness (QED) is 0.470. The number of rotatable bonds is 6. The maximum atomic E-state index is 12.2. The van der Waals surface area contributed by atoms with Crippen molar-refractivity contribution < 1.29 is 13.3 Å². The third-order valence-electron chi connectivity index (χ3n) is 3.81. The molecule has 7 nitrogen and oxygen atoms in total. The average molecular weight is 299 g/mol. The third-order valence-corrected chi connectivity index (χ3v) is 5.24. The Labute approximate surface area is 117 Å². The number of nitrogens with two attached hydrogens (primary N) is 1. The van der Waals surface area contributed by atoms with Crippen molar-refractivity contribution in [2.45, 2.75) is 31.1 Å². The van der Waals surface area contributed by atoms with E-state index in [0.717, 1.165) is 31.4 Å². The Morgan fingerprint density at radius 1 is 1.45 bits per heavy atom. The molecule has 0 amide bonds. The standard InChI is InChI=1S/C12H17N3O4S/c1-2-12(5-6-12)8-14-20(18,19)11-7-9(13)3-4-10(11)15(16)17/h3-4,7,14H,2,5-6,8,13H2,1H3. The molecule has 1 fully saturated rings. The second-order valence-corrected chi connectivity index (χ2v) is 6.90. The van der Waals surface area contributed by atoms with Crippen LogP contribution < -0.4 is 10.5 Å². The van der Waals surface area contributed by atoms with Crippen molar-refractivity contribution in [3.8, 4) is 0 Å². The first kappa shape index (κ1) is 14.7. The largest absolute Gasteiger partial charge is 0.399 e. The van der Waals surface area contributed by atoms with Crippen molar-refractivity contribution in [1.82, 2.24) is 4.72 Å². The Balaban J connectivity index is 2.29. The monoisotopic (exact) mass is 299 g/mol. The van der Waals surface area contributed by atoms with Gasteiger partial charge in [-0.15, -0.1) is 0 Å². The number of anilines is 1. The van der Waals surface area contributed by atoms with Crippen molar-refractivity contribution in [2.75, 3.05) is 12.3 Å². The number of sulfonamides is 1. The highest BCUT2D eigenvalue weighted by Crippen LogP contribution is 2.48. The number of nitro benzene ring substituents is 1. The molecule has 0 unspecified atom stereocenters. The summed E-state index contributed by atoms with van der Waals surface area (Å²) in [5, 5.41) is 10.9. The van der Waals surface area contributed by atoms with E-state index >= 15 is 0 Å². The summed E-state index contributed by atoms with van der Waals surface area (Å²) in [6.07, 6.45) is 2.84. The van der Waals surface area contributed by atoms with Crippen LogP contribution in [0.5, 0.6) is 0 Å². The zero-order valence-electron chi connectivity index (χ0n) is 11.1. The number of nitro groups is 1. The molecule has 1 aromatic rings. The first-order chi connectivity index (χ1) is 9.30. The van der Waals surface area contributed by atoms with E-state index in [-0.39, 0.29) is 16.0 Å². The van der Waals surface area contributed by atoms with Gasteiger partial charge in [-0.3, -0.25) is 10.1 Å². The molecule has 0 atom stereocenters. The van der Waals surface area contributed by atoms with Crippen molar-refractivity contribution >= 4 is 21.4 Å². The first-order valence-electron chi connectivity index (χ1n) is 6.33. The van der Waals surface area contributed by atoms with Crippen molar-refractivity contribution in [3.05, 3.63) is 28.3 Å². The maximum absolute atomic E-state index is 12.2. The lowest BCUT2D eigenvalue weighted by atomic mass is 10.1. The lowest BCUT2D eigenvalue weighted by Gasteiger charge is -2.14. The van der Waals surface area contributed by atoms with Crippen LogP contribution in [-0.2, 0) is 10.0 Å². The fraction of sp³-hybridized carbons (Fsp3) is 0.500. The van der Waals surface area contributed by atoms with E-state index in [1.807, 2.05) is 6.92 Å². The molecule has 110 valence electrons. The lowest BCUT2D eigenvalue weighted by Crippen LogP contribution is -2.30. The summed E-state index contributed by atoms with van der Waals surface area (Å²) in [7, 11) is -3.93. The fourth-order valence-corrected chi connectivity index (χ4v) is 3.42. The summed E-state index contributed by atoms with van der Waals surface area (Å²) in [5.74, 6) is 0. The van der Waals surface area contributed by atoms with Crippen molar-refractivity contribution in [3.63, 3.8) is 0 Å². The molecule has 0 heterocycles. The van der Waals surface area contributed by atoms with E-state index < -0.39 is 20.6 Å².